The van der Waals surface area contributed by atoms with E-state index in [1.54, 1.807) is 0 Å². The SMILES string of the molecule is OC1CCCC(c2nc(NC3CC3)nc(NC3CC(F)(F)C3)n2)=C1F. The van der Waals surface area contributed by atoms with Crippen LogP contribution in [0.2, 0.25) is 0 Å². The van der Waals surface area contributed by atoms with Crippen LogP contribution in [0, 0.1) is 0 Å². The summed E-state index contributed by atoms with van der Waals surface area (Å²) in [5.41, 5.74) is 0.266. The first-order chi connectivity index (χ1) is 11.9. The molecule has 0 spiro atoms. The fraction of sp³-hybridized carbons (Fsp3) is 0.688. The Kier molecular flexibility index (Phi) is 4.05. The highest BCUT2D eigenvalue weighted by Crippen LogP contribution is 2.39. The molecule has 0 aromatic carbocycles. The van der Waals surface area contributed by atoms with Gasteiger partial charge in [0.1, 0.15) is 11.9 Å². The lowest BCUT2D eigenvalue weighted by Gasteiger charge is -2.35. The maximum absolute atomic E-state index is 14.3. The summed E-state index contributed by atoms with van der Waals surface area (Å²) in [6.45, 7) is 0. The van der Waals surface area contributed by atoms with Gasteiger partial charge < -0.3 is 15.7 Å². The van der Waals surface area contributed by atoms with Crippen LogP contribution >= 0.6 is 0 Å². The highest BCUT2D eigenvalue weighted by atomic mass is 19.3. The van der Waals surface area contributed by atoms with E-state index in [2.05, 4.69) is 25.6 Å². The van der Waals surface area contributed by atoms with E-state index >= 15 is 0 Å². The van der Waals surface area contributed by atoms with Crippen molar-refractivity contribution in [1.82, 2.24) is 15.0 Å². The predicted molar refractivity (Wildman–Crippen MR) is 85.9 cm³/mol. The Morgan fingerprint density at radius 3 is 2.20 bits per heavy atom. The second-order valence-electron chi connectivity index (χ2n) is 7.06. The molecule has 1 atom stereocenters. The zero-order valence-corrected chi connectivity index (χ0v) is 13.6. The number of allylic oxidation sites excluding steroid dienone is 1. The molecular weight excluding hydrogens is 335 g/mol. The smallest absolute Gasteiger partial charge is 0.252 e. The van der Waals surface area contributed by atoms with Gasteiger partial charge in [-0.15, -0.1) is 0 Å². The third-order valence-electron chi connectivity index (χ3n) is 4.72. The van der Waals surface area contributed by atoms with Crippen LogP contribution in [0.1, 0.15) is 50.8 Å². The molecule has 136 valence electrons. The normalized spacial score (nSPS) is 26.3. The quantitative estimate of drug-likeness (QED) is 0.753. The van der Waals surface area contributed by atoms with Crippen molar-refractivity contribution in [3.05, 3.63) is 11.7 Å². The van der Waals surface area contributed by atoms with E-state index in [0.717, 1.165) is 12.8 Å². The number of alkyl halides is 2. The van der Waals surface area contributed by atoms with Crippen LogP contribution in [0.3, 0.4) is 0 Å². The number of aromatic nitrogens is 3. The zero-order chi connectivity index (χ0) is 17.6. The number of hydrogen-bond donors (Lipinski definition) is 3. The lowest BCUT2D eigenvalue weighted by molar-refractivity contribution is -0.0794. The molecule has 0 radical (unpaired) electrons. The van der Waals surface area contributed by atoms with Gasteiger partial charge in [-0.3, -0.25) is 0 Å². The molecule has 1 aromatic rings. The summed E-state index contributed by atoms with van der Waals surface area (Å²) >= 11 is 0. The molecule has 3 aliphatic carbocycles. The van der Waals surface area contributed by atoms with Crippen LogP contribution in [-0.2, 0) is 0 Å². The van der Waals surface area contributed by atoms with Crippen molar-refractivity contribution in [2.75, 3.05) is 10.6 Å². The number of aliphatic hydroxyl groups excluding tert-OH is 1. The minimum absolute atomic E-state index is 0.156. The number of hydrogen-bond acceptors (Lipinski definition) is 6. The van der Waals surface area contributed by atoms with Crippen LogP contribution in [-0.4, -0.2) is 44.2 Å². The van der Waals surface area contributed by atoms with Gasteiger partial charge in [0.2, 0.25) is 11.9 Å². The molecule has 0 bridgehead atoms. The van der Waals surface area contributed by atoms with E-state index < -0.39 is 23.9 Å². The maximum atomic E-state index is 14.3. The zero-order valence-electron chi connectivity index (χ0n) is 13.6. The van der Waals surface area contributed by atoms with Crippen LogP contribution in [0.15, 0.2) is 5.83 Å². The molecule has 3 aliphatic rings. The molecule has 3 N–H and O–H groups in total. The molecule has 2 fully saturated rings. The van der Waals surface area contributed by atoms with Crippen molar-refractivity contribution in [1.29, 1.82) is 0 Å². The Bertz CT molecular complexity index is 699. The molecule has 0 amide bonds. The van der Waals surface area contributed by atoms with E-state index in [-0.39, 0.29) is 36.2 Å². The fourth-order valence-corrected chi connectivity index (χ4v) is 3.13. The van der Waals surface area contributed by atoms with Gasteiger partial charge in [-0.1, -0.05) is 0 Å². The maximum Gasteiger partial charge on any atom is 0.252 e. The lowest BCUT2D eigenvalue weighted by atomic mass is 9.88. The van der Waals surface area contributed by atoms with Crippen molar-refractivity contribution in [3.63, 3.8) is 0 Å². The molecule has 25 heavy (non-hydrogen) atoms. The van der Waals surface area contributed by atoms with Gasteiger partial charge in [-0.05, 0) is 32.1 Å². The Morgan fingerprint density at radius 1 is 0.960 bits per heavy atom. The molecule has 1 unspecified atom stereocenters. The molecule has 6 nitrogen and oxygen atoms in total. The van der Waals surface area contributed by atoms with Crippen molar-refractivity contribution >= 4 is 17.5 Å². The number of aliphatic hydroxyl groups is 1. The summed E-state index contributed by atoms with van der Waals surface area (Å²) in [6, 6.07) is -0.123. The number of rotatable bonds is 5. The van der Waals surface area contributed by atoms with Crippen LogP contribution in [0.25, 0.3) is 5.57 Å². The van der Waals surface area contributed by atoms with Crippen LogP contribution in [0.5, 0.6) is 0 Å². The standard InChI is InChI=1S/C16H20F3N5O/c17-12-10(2-1-3-11(12)25)13-22-14(20-8-4-5-8)24-15(23-13)21-9-6-16(18,19)7-9/h8-9,11,25H,1-7H2,(H2,20,21,22,23,24). The van der Waals surface area contributed by atoms with Crippen molar-refractivity contribution in [2.45, 2.75) is 69.1 Å². The summed E-state index contributed by atoms with van der Waals surface area (Å²) < 4.78 is 40.3. The molecular formula is C16H20F3N5O. The van der Waals surface area contributed by atoms with E-state index in [4.69, 9.17) is 0 Å². The Morgan fingerprint density at radius 2 is 1.60 bits per heavy atom. The third-order valence-corrected chi connectivity index (χ3v) is 4.72. The third kappa shape index (κ3) is 3.70. The van der Waals surface area contributed by atoms with Crippen LogP contribution in [0.4, 0.5) is 25.1 Å². The monoisotopic (exact) mass is 355 g/mol. The second-order valence-corrected chi connectivity index (χ2v) is 7.06. The molecule has 1 aromatic heterocycles. The highest BCUT2D eigenvalue weighted by molar-refractivity contribution is 5.65. The van der Waals surface area contributed by atoms with Crippen LogP contribution < -0.4 is 10.6 Å². The average molecular weight is 355 g/mol. The molecule has 0 saturated heterocycles. The first kappa shape index (κ1) is 16.6. The van der Waals surface area contributed by atoms with Crippen molar-refractivity contribution < 1.29 is 18.3 Å². The molecule has 2 saturated carbocycles. The summed E-state index contributed by atoms with van der Waals surface area (Å²) in [5, 5.41) is 15.7. The second kappa shape index (κ2) is 6.12. The highest BCUT2D eigenvalue weighted by Gasteiger charge is 2.45. The molecule has 4 rings (SSSR count). The van der Waals surface area contributed by atoms with Gasteiger partial charge in [-0.2, -0.15) is 15.0 Å². The predicted octanol–water partition coefficient (Wildman–Crippen LogP) is 2.88. The van der Waals surface area contributed by atoms with E-state index in [9.17, 15) is 18.3 Å². The number of anilines is 2. The van der Waals surface area contributed by atoms with Gasteiger partial charge in [0.05, 0.1) is 0 Å². The van der Waals surface area contributed by atoms with Gasteiger partial charge in [0, 0.05) is 30.5 Å². The van der Waals surface area contributed by atoms with Gasteiger partial charge in [0.25, 0.3) is 5.92 Å². The lowest BCUT2D eigenvalue weighted by Crippen LogP contribution is -2.44. The first-order valence-electron chi connectivity index (χ1n) is 8.63. The van der Waals surface area contributed by atoms with E-state index in [1.807, 2.05) is 0 Å². The number of nitrogens with one attached hydrogen (secondary N) is 2. The Balaban J connectivity index is 1.61. The summed E-state index contributed by atoms with van der Waals surface area (Å²) in [4.78, 5) is 12.7. The summed E-state index contributed by atoms with van der Waals surface area (Å²) in [5.74, 6) is -2.64. The van der Waals surface area contributed by atoms with Crippen molar-refractivity contribution in [2.24, 2.45) is 0 Å². The summed E-state index contributed by atoms with van der Waals surface area (Å²) in [6.07, 6.45) is 1.78. The van der Waals surface area contributed by atoms with E-state index in [1.165, 1.54) is 0 Å². The fourth-order valence-electron chi connectivity index (χ4n) is 3.13. The topological polar surface area (TPSA) is 83.0 Å². The number of halogens is 3. The molecule has 1 heterocycles. The van der Waals surface area contributed by atoms with Gasteiger partial charge in [0.15, 0.2) is 5.82 Å². The van der Waals surface area contributed by atoms with Gasteiger partial charge in [-0.25, -0.2) is 13.2 Å². The minimum atomic E-state index is -2.65. The summed E-state index contributed by atoms with van der Waals surface area (Å²) in [7, 11) is 0. The largest absolute Gasteiger partial charge is 0.386 e. The Hall–Kier alpha value is -1.90. The average Bonchev–Trinajstić information content (AvgIpc) is 3.32. The minimum Gasteiger partial charge on any atom is -0.386 e. The molecule has 9 heteroatoms. The molecule has 0 aliphatic heterocycles. The van der Waals surface area contributed by atoms with Gasteiger partial charge >= 0.3 is 0 Å². The van der Waals surface area contributed by atoms with Crippen molar-refractivity contribution in [3.8, 4) is 0 Å². The first-order valence-corrected chi connectivity index (χ1v) is 8.63. The van der Waals surface area contributed by atoms with E-state index in [0.29, 0.717) is 25.2 Å². The number of nitrogens with zero attached hydrogens (tertiary/aromatic N) is 3. The Labute approximate surface area is 143 Å².